The van der Waals surface area contributed by atoms with E-state index in [0.717, 1.165) is 12.3 Å². The van der Waals surface area contributed by atoms with Crippen LogP contribution in [0.3, 0.4) is 0 Å². The molecule has 4 heterocycles. The molecule has 0 atom stereocenters. The van der Waals surface area contributed by atoms with E-state index in [1.807, 2.05) is 0 Å². The summed E-state index contributed by atoms with van der Waals surface area (Å²) < 4.78 is 0. The van der Waals surface area contributed by atoms with Crippen LogP contribution >= 0.6 is 12.4 Å². The molecule has 0 saturated carbocycles. The predicted octanol–water partition coefficient (Wildman–Crippen LogP) is 2.56. The molecule has 0 aromatic carbocycles. The fourth-order valence-corrected chi connectivity index (χ4v) is 4.20. The fraction of sp³-hybridized carbons (Fsp3) is 0.222. The summed E-state index contributed by atoms with van der Waals surface area (Å²) in [4.78, 5) is 78.5. The van der Waals surface area contributed by atoms with Crippen molar-refractivity contribution in [3.63, 3.8) is 0 Å². The first-order valence-corrected chi connectivity index (χ1v) is 13.1. The van der Waals surface area contributed by atoms with E-state index in [2.05, 4.69) is 19.9 Å². The lowest BCUT2D eigenvalue weighted by molar-refractivity contribution is -0.384. The summed E-state index contributed by atoms with van der Waals surface area (Å²) in [5.41, 5.74) is 6.91. The number of nitro groups is 1. The molecule has 0 bridgehead atoms. The third-order valence-corrected chi connectivity index (χ3v) is 6.94. The van der Waals surface area contributed by atoms with Gasteiger partial charge in [-0.3, -0.25) is 34.7 Å². The van der Waals surface area contributed by atoms with Gasteiger partial charge in [0, 0.05) is 65.8 Å². The van der Waals surface area contributed by atoms with Crippen molar-refractivity contribution >= 4 is 64.6 Å². The van der Waals surface area contributed by atoms with Crippen LogP contribution in [-0.4, -0.2) is 94.0 Å². The first-order valence-electron chi connectivity index (χ1n) is 13.1. The number of anilines is 3. The minimum Gasteiger partial charge on any atom is -0.388 e. The average molecular weight is 642 g/mol. The zero-order valence-electron chi connectivity index (χ0n) is 24.7. The Hall–Kier alpha value is -5.84. The molecule has 0 saturated heterocycles. The quantitative estimate of drug-likeness (QED) is 0.0618. The summed E-state index contributed by atoms with van der Waals surface area (Å²) >= 11 is 0. The Morgan fingerprint density at radius 1 is 0.711 bits per heavy atom. The maximum Gasteiger partial charge on any atom is 0.287 e. The molecule has 238 valence electrons. The minimum atomic E-state index is -0.618. The maximum absolute atomic E-state index is 13.2. The largest absolute Gasteiger partial charge is 0.388 e. The summed E-state index contributed by atoms with van der Waals surface area (Å²) in [5.74, 6) is -1.77. The normalized spacial score (nSPS) is 10.5. The molecule has 0 aliphatic carbocycles. The van der Waals surface area contributed by atoms with E-state index in [0.29, 0.717) is 17.1 Å². The highest BCUT2D eigenvalue weighted by molar-refractivity contribution is 6.09. The van der Waals surface area contributed by atoms with E-state index >= 15 is 0 Å². The number of halogens is 1. The second-order valence-electron chi connectivity index (χ2n) is 9.94. The Morgan fingerprint density at radius 2 is 1.07 bits per heavy atom. The number of rotatable bonds is 11. The Morgan fingerprint density at radius 3 is 1.42 bits per heavy atom. The number of nitrogens with one attached hydrogen (secondary N) is 5. The lowest BCUT2D eigenvalue weighted by atomic mass is 10.3. The molecule has 4 rings (SSSR count). The number of amidine groups is 1. The van der Waals surface area contributed by atoms with E-state index in [1.54, 1.807) is 7.05 Å². The van der Waals surface area contributed by atoms with Crippen molar-refractivity contribution in [3.8, 4) is 0 Å². The Balaban J connectivity index is 0.00000552. The summed E-state index contributed by atoms with van der Waals surface area (Å²) in [7, 11) is 6.11. The summed E-state index contributed by atoms with van der Waals surface area (Å²) in [6.45, 7) is 0.271. The van der Waals surface area contributed by atoms with Crippen molar-refractivity contribution < 1.29 is 24.1 Å². The number of nitrogens with two attached hydrogens (primary N) is 1. The molecule has 4 amide bonds. The number of aromatic nitrogens is 4. The van der Waals surface area contributed by atoms with Crippen molar-refractivity contribution in [1.82, 2.24) is 24.8 Å². The lowest BCUT2D eigenvalue weighted by Gasteiger charge is -2.16. The Labute approximate surface area is 262 Å². The second-order valence-corrected chi connectivity index (χ2v) is 9.94. The van der Waals surface area contributed by atoms with Gasteiger partial charge in [-0.15, -0.1) is 12.4 Å². The van der Waals surface area contributed by atoms with Crippen molar-refractivity contribution in [1.29, 1.82) is 5.41 Å². The van der Waals surface area contributed by atoms with Crippen LogP contribution in [0, 0.1) is 15.5 Å². The molecule has 0 radical (unpaired) electrons. The van der Waals surface area contributed by atoms with Crippen molar-refractivity contribution in [2.24, 2.45) is 5.73 Å². The third kappa shape index (κ3) is 7.21. The number of aromatic amines is 4. The van der Waals surface area contributed by atoms with Crippen molar-refractivity contribution in [3.05, 3.63) is 81.9 Å². The highest BCUT2D eigenvalue weighted by Gasteiger charge is 2.24. The van der Waals surface area contributed by atoms with E-state index in [9.17, 15) is 29.3 Å². The molecule has 0 fully saturated rings. The van der Waals surface area contributed by atoms with Crippen LogP contribution in [0.15, 0.2) is 49.1 Å². The van der Waals surface area contributed by atoms with Gasteiger partial charge in [0.1, 0.15) is 22.8 Å². The predicted molar refractivity (Wildman–Crippen MR) is 169 cm³/mol. The smallest absolute Gasteiger partial charge is 0.287 e. The van der Waals surface area contributed by atoms with Gasteiger partial charge < -0.3 is 45.3 Å². The molecule has 0 aliphatic heterocycles. The Kier molecular flexibility index (Phi) is 10.2. The molecule has 7 N–H and O–H groups in total. The number of carbonyl (C=O) groups is 4. The van der Waals surface area contributed by atoms with Crippen LogP contribution in [-0.2, 0) is 0 Å². The second kappa shape index (κ2) is 13.6. The van der Waals surface area contributed by atoms with Crippen LogP contribution in [0.1, 0.15) is 48.4 Å². The van der Waals surface area contributed by atoms with Gasteiger partial charge in [-0.25, -0.2) is 0 Å². The summed E-state index contributed by atoms with van der Waals surface area (Å²) in [5, 5.41) is 18.2. The fourth-order valence-electron chi connectivity index (χ4n) is 4.20. The number of carbonyl (C=O) groups excluding carboxylic acids is 4. The minimum absolute atomic E-state index is 0. The zero-order chi connectivity index (χ0) is 32.3. The first kappa shape index (κ1) is 33.7. The molecular weight excluding hydrogens is 610 g/mol. The molecule has 0 aliphatic rings. The molecule has 4 aromatic rings. The van der Waals surface area contributed by atoms with Crippen LogP contribution in [0.25, 0.3) is 0 Å². The van der Waals surface area contributed by atoms with Crippen LogP contribution in [0.5, 0.6) is 0 Å². The SMILES string of the molecule is CN(CCC(=N)N)C(=O)c1cc(N(C)C(=O)c2cc(N(C)C(=O)c3cc(N(C)C(=O)c4cc([N+](=O)[O-])c[nH]4)c[nH]3)c[nH]2)c[nH]1.Cl. The monoisotopic (exact) mass is 641 g/mol. The van der Waals surface area contributed by atoms with E-state index in [-0.39, 0.29) is 65.6 Å². The van der Waals surface area contributed by atoms with E-state index in [4.69, 9.17) is 11.1 Å². The molecule has 18 heteroatoms. The van der Waals surface area contributed by atoms with Gasteiger partial charge in [-0.1, -0.05) is 0 Å². The van der Waals surface area contributed by atoms with Gasteiger partial charge in [0.2, 0.25) is 0 Å². The molecule has 45 heavy (non-hydrogen) atoms. The van der Waals surface area contributed by atoms with Crippen LogP contribution in [0.2, 0.25) is 0 Å². The zero-order valence-corrected chi connectivity index (χ0v) is 25.5. The number of hydrogen-bond donors (Lipinski definition) is 6. The van der Waals surface area contributed by atoms with Gasteiger partial charge in [0.15, 0.2) is 0 Å². The van der Waals surface area contributed by atoms with Crippen LogP contribution in [0.4, 0.5) is 22.7 Å². The van der Waals surface area contributed by atoms with Gasteiger partial charge >= 0.3 is 0 Å². The van der Waals surface area contributed by atoms with Gasteiger partial charge in [-0.05, 0) is 18.2 Å². The topological polar surface area (TPSA) is 237 Å². The molecular formula is C27H32ClN11O6. The molecule has 4 aromatic heterocycles. The summed E-state index contributed by atoms with van der Waals surface area (Å²) in [6, 6.07) is 5.62. The lowest BCUT2D eigenvalue weighted by Crippen LogP contribution is -2.30. The average Bonchev–Trinajstić information content (AvgIpc) is 3.82. The molecule has 0 unspecified atom stereocenters. The van der Waals surface area contributed by atoms with E-state index in [1.165, 1.54) is 77.5 Å². The summed E-state index contributed by atoms with van der Waals surface area (Å²) in [6.07, 6.45) is 5.82. The third-order valence-electron chi connectivity index (χ3n) is 6.94. The van der Waals surface area contributed by atoms with E-state index < -0.39 is 22.6 Å². The van der Waals surface area contributed by atoms with Crippen molar-refractivity contribution in [2.75, 3.05) is 49.4 Å². The number of H-pyrrole nitrogens is 4. The Bertz CT molecular complexity index is 1750. The number of hydrogen-bond acceptors (Lipinski definition) is 7. The molecule has 0 spiro atoms. The highest BCUT2D eigenvalue weighted by Crippen LogP contribution is 2.24. The van der Waals surface area contributed by atoms with Crippen molar-refractivity contribution in [2.45, 2.75) is 6.42 Å². The van der Waals surface area contributed by atoms with Gasteiger partial charge in [0.25, 0.3) is 29.3 Å². The first-order chi connectivity index (χ1) is 20.8. The highest BCUT2D eigenvalue weighted by atomic mass is 35.5. The van der Waals surface area contributed by atoms with Gasteiger partial charge in [0.05, 0.1) is 34.0 Å². The standard InChI is InChI=1S/C27H31N11O6.ClH/c1-34(6-5-23(28)29)24(39)19-7-15(11-30-19)35(2)25(40)20-8-16(12-31-20)36(3)26(41)21-9-17(13-32-21)37(4)27(42)22-10-18(14-33-22)38(43)44;/h7-14,30-33H,5-6H2,1-4H3,(H3,28,29);1H. The number of nitrogens with zero attached hydrogens (tertiary/aromatic N) is 5. The van der Waals surface area contributed by atoms with Gasteiger partial charge in [-0.2, -0.15) is 0 Å². The maximum atomic E-state index is 13.2. The van der Waals surface area contributed by atoms with Crippen LogP contribution < -0.4 is 20.4 Å². The molecule has 17 nitrogen and oxygen atoms in total. The number of amides is 4.